The highest BCUT2D eigenvalue weighted by atomic mass is 35.5. The highest BCUT2D eigenvalue weighted by Gasteiger charge is 2.31. The third kappa shape index (κ3) is 3.29. The standard InChI is InChI=1S/CCl3F2N/c2-1(3,5)7(4)6. The quantitative estimate of drug-likeness (QED) is 0.332. The van der Waals surface area contributed by atoms with Gasteiger partial charge in [0.15, 0.2) is 0 Å². The van der Waals surface area contributed by atoms with Gasteiger partial charge in [0, 0.05) is 16.4 Å². The summed E-state index contributed by atoms with van der Waals surface area (Å²) in [6.07, 6.45) is 0. The average molecular weight is 170 g/mol. The van der Waals surface area contributed by atoms with E-state index in [2.05, 4.69) is 35.0 Å². The van der Waals surface area contributed by atoms with Gasteiger partial charge in [0.2, 0.25) is 0 Å². The highest BCUT2D eigenvalue weighted by Crippen LogP contribution is 2.29. The Morgan fingerprint density at radius 3 is 1.57 bits per heavy atom. The van der Waals surface area contributed by atoms with Crippen molar-refractivity contribution in [2.75, 3.05) is 0 Å². The van der Waals surface area contributed by atoms with E-state index in [4.69, 9.17) is 0 Å². The van der Waals surface area contributed by atoms with E-state index < -0.39 is 9.35 Å². The van der Waals surface area contributed by atoms with Crippen molar-refractivity contribution in [3.8, 4) is 0 Å². The first kappa shape index (κ1) is 7.69. The minimum absolute atomic E-state index is 0.976. The second-order valence-corrected chi connectivity index (χ2v) is 2.19. The molecule has 0 rings (SSSR count). The molecule has 0 amide bonds. The summed E-state index contributed by atoms with van der Waals surface area (Å²) in [6.45, 7) is 0. The van der Waals surface area contributed by atoms with Crippen LogP contribution in [0.15, 0.2) is 0 Å². The Morgan fingerprint density at radius 2 is 1.57 bits per heavy atom. The summed E-state index contributed by atoms with van der Waals surface area (Å²) >= 11 is 13.1. The Bertz CT molecular complexity index is 58.4. The van der Waals surface area contributed by atoms with Crippen LogP contribution in [0.1, 0.15) is 0 Å². The molecule has 6 heteroatoms. The molecule has 0 radical (unpaired) electrons. The van der Waals surface area contributed by atoms with Crippen molar-refractivity contribution in [3.63, 3.8) is 0 Å². The van der Waals surface area contributed by atoms with Gasteiger partial charge in [0.1, 0.15) is 0 Å². The maximum absolute atomic E-state index is 11.5. The van der Waals surface area contributed by atoms with E-state index in [1.807, 2.05) is 0 Å². The Morgan fingerprint density at radius 1 is 1.43 bits per heavy atom. The monoisotopic (exact) mass is 169 g/mol. The van der Waals surface area contributed by atoms with Crippen molar-refractivity contribution in [1.29, 1.82) is 0 Å². The molecule has 0 saturated heterocycles. The van der Waals surface area contributed by atoms with Gasteiger partial charge in [-0.1, -0.05) is 0 Å². The van der Waals surface area contributed by atoms with E-state index in [0.29, 0.717) is 0 Å². The SMILES string of the molecule is FN(Cl)C(F)(Cl)Cl. The Labute approximate surface area is 53.8 Å². The van der Waals surface area contributed by atoms with Crippen LogP contribution in [-0.4, -0.2) is 9.35 Å². The van der Waals surface area contributed by atoms with E-state index in [0.717, 1.165) is 0 Å². The first-order valence-corrected chi connectivity index (χ1v) is 2.22. The van der Waals surface area contributed by atoms with Crippen molar-refractivity contribution in [2.45, 2.75) is 4.71 Å². The fourth-order valence-electron chi connectivity index (χ4n) is 0. The molecule has 0 heterocycles. The second-order valence-electron chi connectivity index (χ2n) is 0.701. The molecule has 0 bridgehead atoms. The van der Waals surface area contributed by atoms with Gasteiger partial charge in [-0.25, -0.2) is 0 Å². The molecule has 7 heavy (non-hydrogen) atoms. The molecule has 0 aliphatic heterocycles. The lowest BCUT2D eigenvalue weighted by Gasteiger charge is -2.07. The van der Waals surface area contributed by atoms with Gasteiger partial charge in [0.25, 0.3) is 0 Å². The largest absolute Gasteiger partial charge is 0.355 e. The average Bonchev–Trinajstić information content (AvgIpc) is 1.31. The Kier molecular flexibility index (Phi) is 2.53. The maximum atomic E-state index is 11.5. The third-order valence-electron chi connectivity index (χ3n) is 0.192. The number of halogens is 5. The molecule has 1 nitrogen and oxygen atoms in total. The third-order valence-corrected chi connectivity index (χ3v) is 0.894. The number of rotatable bonds is 1. The predicted molar refractivity (Wildman–Crippen MR) is 24.3 cm³/mol. The summed E-state index contributed by atoms with van der Waals surface area (Å²) in [4.78, 5) is 0. The first-order chi connectivity index (χ1) is 2.94. The summed E-state index contributed by atoms with van der Waals surface area (Å²) in [6, 6.07) is 0. The minimum Gasteiger partial charge on any atom is -0.185 e. The molecule has 0 aliphatic carbocycles. The molecule has 0 saturated carbocycles. The van der Waals surface area contributed by atoms with Crippen LogP contribution in [0.5, 0.6) is 0 Å². The van der Waals surface area contributed by atoms with Gasteiger partial charge in [-0.3, -0.25) is 0 Å². The molecular formula is CCl3F2N. The zero-order valence-electron chi connectivity index (χ0n) is 2.84. The number of hydrogen-bond donors (Lipinski definition) is 0. The molecular weight excluding hydrogens is 170 g/mol. The summed E-state index contributed by atoms with van der Waals surface area (Å²) < 4.78 is 18.5. The molecule has 0 aliphatic rings. The van der Waals surface area contributed by atoms with Crippen molar-refractivity contribution in [1.82, 2.24) is 4.64 Å². The molecule has 0 fully saturated rings. The maximum Gasteiger partial charge on any atom is 0.355 e. The van der Waals surface area contributed by atoms with E-state index >= 15 is 0 Å². The Hall–Kier alpha value is 0.690. The zero-order chi connectivity index (χ0) is 6.08. The van der Waals surface area contributed by atoms with Gasteiger partial charge in [-0.2, -0.15) is 4.39 Å². The van der Waals surface area contributed by atoms with Crippen molar-refractivity contribution in [2.24, 2.45) is 0 Å². The van der Waals surface area contributed by atoms with E-state index in [1.54, 1.807) is 0 Å². The van der Waals surface area contributed by atoms with Crippen LogP contribution < -0.4 is 0 Å². The van der Waals surface area contributed by atoms with Crippen LogP contribution in [0.3, 0.4) is 0 Å². The van der Waals surface area contributed by atoms with Crippen LogP contribution in [0.25, 0.3) is 0 Å². The van der Waals surface area contributed by atoms with Gasteiger partial charge in [0.05, 0.1) is 0 Å². The lowest BCUT2D eigenvalue weighted by molar-refractivity contribution is 0.0343. The van der Waals surface area contributed by atoms with Crippen LogP contribution in [-0.2, 0) is 0 Å². The smallest absolute Gasteiger partial charge is 0.185 e. The minimum atomic E-state index is -3.12. The van der Waals surface area contributed by atoms with E-state index in [9.17, 15) is 8.87 Å². The lowest BCUT2D eigenvalue weighted by atomic mass is 11.4. The fraction of sp³-hybridized carbons (Fsp3) is 1.00. The molecule has 0 unspecified atom stereocenters. The molecule has 44 valence electrons. The second kappa shape index (κ2) is 2.31. The van der Waals surface area contributed by atoms with Crippen molar-refractivity contribution >= 4 is 35.0 Å². The summed E-state index contributed by atoms with van der Waals surface area (Å²) in [5.41, 5.74) is 0. The number of alkyl halides is 3. The molecule has 0 aromatic rings. The highest BCUT2D eigenvalue weighted by molar-refractivity contribution is 6.48. The first-order valence-electron chi connectivity index (χ1n) is 1.13. The molecule has 0 aromatic heterocycles. The summed E-state index contributed by atoms with van der Waals surface area (Å²) in [5, 5.41) is 0. The van der Waals surface area contributed by atoms with Crippen LogP contribution in [0.4, 0.5) is 8.87 Å². The molecule has 0 atom stereocenters. The van der Waals surface area contributed by atoms with Crippen LogP contribution in [0, 0.1) is 0 Å². The summed E-state index contributed by atoms with van der Waals surface area (Å²) in [5.74, 6) is 0. The predicted octanol–water partition coefficient (Wildman–Crippen LogP) is 2.39. The zero-order valence-corrected chi connectivity index (χ0v) is 5.10. The molecule has 0 N–H and O–H groups in total. The van der Waals surface area contributed by atoms with Crippen molar-refractivity contribution < 1.29 is 8.87 Å². The normalized spacial score (nSPS) is 12.9. The Balaban J connectivity index is 3.54. The van der Waals surface area contributed by atoms with Gasteiger partial charge in [-0.15, -0.1) is 4.48 Å². The lowest BCUT2D eigenvalue weighted by Crippen LogP contribution is -2.18. The van der Waals surface area contributed by atoms with Gasteiger partial charge < -0.3 is 0 Å². The van der Waals surface area contributed by atoms with Crippen molar-refractivity contribution in [3.05, 3.63) is 0 Å². The van der Waals surface area contributed by atoms with E-state index in [1.165, 1.54) is 0 Å². The molecule has 0 aromatic carbocycles. The summed E-state index contributed by atoms with van der Waals surface area (Å²) in [7, 11) is 0. The van der Waals surface area contributed by atoms with Gasteiger partial charge >= 0.3 is 4.71 Å². The fourth-order valence-corrected chi connectivity index (χ4v) is 0. The number of nitrogens with zero attached hydrogens (tertiary/aromatic N) is 1. The topological polar surface area (TPSA) is 3.24 Å². The van der Waals surface area contributed by atoms with Crippen LogP contribution >= 0.6 is 35.0 Å². The van der Waals surface area contributed by atoms with E-state index in [-0.39, 0.29) is 0 Å². The number of hydrogen-bond acceptors (Lipinski definition) is 1. The van der Waals surface area contributed by atoms with Gasteiger partial charge in [-0.05, 0) is 23.2 Å². The van der Waals surface area contributed by atoms with Crippen LogP contribution in [0.2, 0.25) is 0 Å². The molecule has 0 spiro atoms.